The zero-order chi connectivity index (χ0) is 20.2. The molecule has 1 N–H and O–H groups in total. The van der Waals surface area contributed by atoms with Gasteiger partial charge in [-0.15, -0.1) is 0 Å². The van der Waals surface area contributed by atoms with Crippen LogP contribution in [0.25, 0.3) is 0 Å². The first kappa shape index (κ1) is 21.7. The molecule has 27 heavy (non-hydrogen) atoms. The van der Waals surface area contributed by atoms with Crippen molar-refractivity contribution in [1.29, 1.82) is 0 Å². The second-order valence-electron chi connectivity index (χ2n) is 8.01. The number of nitrogens with zero attached hydrogens (tertiary/aromatic N) is 2. The Balaban J connectivity index is 2.33. The van der Waals surface area contributed by atoms with E-state index in [2.05, 4.69) is 24.1 Å². The first-order valence-electron chi connectivity index (χ1n) is 9.75. The van der Waals surface area contributed by atoms with Crippen LogP contribution in [0.4, 0.5) is 5.69 Å². The predicted molar refractivity (Wildman–Crippen MR) is 110 cm³/mol. The van der Waals surface area contributed by atoms with Gasteiger partial charge < -0.3 is 10.2 Å². The Labute approximate surface area is 164 Å². The highest BCUT2D eigenvalue weighted by Crippen LogP contribution is 2.28. The lowest BCUT2D eigenvalue weighted by Gasteiger charge is -2.23. The summed E-state index contributed by atoms with van der Waals surface area (Å²) in [6, 6.07) is 4.94. The number of rotatable bonds is 8. The van der Waals surface area contributed by atoms with E-state index in [-0.39, 0.29) is 16.8 Å². The van der Waals surface area contributed by atoms with Crippen molar-refractivity contribution in [3.05, 3.63) is 23.8 Å². The van der Waals surface area contributed by atoms with Crippen LogP contribution < -0.4 is 10.2 Å². The van der Waals surface area contributed by atoms with Crippen molar-refractivity contribution >= 4 is 21.6 Å². The van der Waals surface area contributed by atoms with Crippen LogP contribution in [0.3, 0.4) is 0 Å². The zero-order valence-electron chi connectivity index (χ0n) is 17.2. The SMILES string of the molecule is CC(C)CCC(C)NC(=O)c1cc(S(=O)(=O)N(C)C)ccc1N1CCCC1. The lowest BCUT2D eigenvalue weighted by Crippen LogP contribution is -2.34. The van der Waals surface area contributed by atoms with Crippen LogP contribution in [0.5, 0.6) is 0 Å². The van der Waals surface area contributed by atoms with Crippen molar-refractivity contribution in [2.24, 2.45) is 5.92 Å². The third-order valence-electron chi connectivity index (χ3n) is 4.99. The fraction of sp³-hybridized carbons (Fsp3) is 0.650. The summed E-state index contributed by atoms with van der Waals surface area (Å²) in [6.07, 6.45) is 4.11. The molecule has 1 amide bonds. The Kier molecular flexibility index (Phi) is 7.28. The summed E-state index contributed by atoms with van der Waals surface area (Å²) in [5.74, 6) is 0.377. The molecule has 1 aliphatic rings. The minimum atomic E-state index is -3.59. The topological polar surface area (TPSA) is 69.7 Å². The molecule has 1 aromatic rings. The van der Waals surface area contributed by atoms with Gasteiger partial charge in [0.25, 0.3) is 5.91 Å². The molecule has 0 aliphatic carbocycles. The van der Waals surface area contributed by atoms with Crippen molar-refractivity contribution in [2.75, 3.05) is 32.1 Å². The molecule has 1 saturated heterocycles. The van der Waals surface area contributed by atoms with E-state index in [9.17, 15) is 13.2 Å². The number of hydrogen-bond donors (Lipinski definition) is 1. The molecule has 0 saturated carbocycles. The number of amides is 1. The maximum atomic E-state index is 13.0. The number of benzene rings is 1. The number of nitrogens with one attached hydrogen (secondary N) is 1. The van der Waals surface area contributed by atoms with E-state index in [1.54, 1.807) is 12.1 Å². The van der Waals surface area contributed by atoms with Gasteiger partial charge >= 0.3 is 0 Å². The van der Waals surface area contributed by atoms with Gasteiger partial charge in [0.05, 0.1) is 10.5 Å². The predicted octanol–water partition coefficient (Wildman–Crippen LogP) is 3.09. The van der Waals surface area contributed by atoms with E-state index in [1.165, 1.54) is 24.5 Å². The van der Waals surface area contributed by atoms with Crippen LogP contribution in [0, 0.1) is 5.92 Å². The van der Waals surface area contributed by atoms with Gasteiger partial charge in [0.15, 0.2) is 0 Å². The molecule has 7 heteroatoms. The van der Waals surface area contributed by atoms with E-state index in [1.807, 2.05) is 6.92 Å². The molecule has 1 atom stereocenters. The van der Waals surface area contributed by atoms with E-state index in [0.29, 0.717) is 11.5 Å². The fourth-order valence-corrected chi connectivity index (χ4v) is 4.19. The largest absolute Gasteiger partial charge is 0.371 e. The van der Waals surface area contributed by atoms with Crippen LogP contribution in [-0.2, 0) is 10.0 Å². The van der Waals surface area contributed by atoms with Gasteiger partial charge in [-0.05, 0) is 56.7 Å². The second-order valence-corrected chi connectivity index (χ2v) is 10.2. The number of hydrogen-bond acceptors (Lipinski definition) is 4. The van der Waals surface area contributed by atoms with Gasteiger partial charge in [-0.3, -0.25) is 4.79 Å². The van der Waals surface area contributed by atoms with Crippen LogP contribution in [-0.4, -0.2) is 51.9 Å². The Morgan fingerprint density at radius 2 is 1.78 bits per heavy atom. The maximum Gasteiger partial charge on any atom is 0.253 e. The van der Waals surface area contributed by atoms with Crippen LogP contribution in [0.15, 0.2) is 23.1 Å². The highest BCUT2D eigenvalue weighted by atomic mass is 32.2. The molecule has 0 spiro atoms. The normalized spacial score (nSPS) is 16.2. The van der Waals surface area contributed by atoms with Crippen molar-refractivity contribution in [3.63, 3.8) is 0 Å². The first-order valence-corrected chi connectivity index (χ1v) is 11.2. The molecule has 1 aliphatic heterocycles. The Bertz CT molecular complexity index is 754. The average molecular weight is 396 g/mol. The zero-order valence-corrected chi connectivity index (χ0v) is 18.0. The van der Waals surface area contributed by atoms with Crippen LogP contribution >= 0.6 is 0 Å². The summed E-state index contributed by atoms with van der Waals surface area (Å²) < 4.78 is 26.2. The molecule has 152 valence electrons. The highest BCUT2D eigenvalue weighted by Gasteiger charge is 2.25. The minimum Gasteiger partial charge on any atom is -0.371 e. The van der Waals surface area contributed by atoms with Crippen molar-refractivity contribution in [1.82, 2.24) is 9.62 Å². The van der Waals surface area contributed by atoms with Gasteiger partial charge in [-0.2, -0.15) is 0 Å². The first-order chi connectivity index (χ1) is 12.6. The Morgan fingerprint density at radius 3 is 2.33 bits per heavy atom. The summed E-state index contributed by atoms with van der Waals surface area (Å²) >= 11 is 0. The maximum absolute atomic E-state index is 13.0. The molecule has 0 bridgehead atoms. The molecule has 2 rings (SSSR count). The fourth-order valence-electron chi connectivity index (χ4n) is 3.26. The summed E-state index contributed by atoms with van der Waals surface area (Å²) in [5.41, 5.74) is 1.26. The summed E-state index contributed by atoms with van der Waals surface area (Å²) in [7, 11) is -0.593. The smallest absolute Gasteiger partial charge is 0.253 e. The van der Waals surface area contributed by atoms with E-state index < -0.39 is 10.0 Å². The molecule has 0 radical (unpaired) electrons. The molecule has 1 aromatic carbocycles. The van der Waals surface area contributed by atoms with Crippen molar-refractivity contribution in [2.45, 2.75) is 57.4 Å². The molecule has 1 fully saturated rings. The van der Waals surface area contributed by atoms with Gasteiger partial charge in [-0.1, -0.05) is 13.8 Å². The van der Waals surface area contributed by atoms with Crippen LogP contribution in [0.1, 0.15) is 56.8 Å². The lowest BCUT2D eigenvalue weighted by molar-refractivity contribution is 0.0937. The van der Waals surface area contributed by atoms with Crippen molar-refractivity contribution in [3.8, 4) is 0 Å². The molecule has 6 nitrogen and oxygen atoms in total. The molecule has 1 heterocycles. The monoisotopic (exact) mass is 395 g/mol. The highest BCUT2D eigenvalue weighted by molar-refractivity contribution is 7.89. The second kappa shape index (κ2) is 9.06. The molecular weight excluding hydrogens is 362 g/mol. The summed E-state index contributed by atoms with van der Waals surface area (Å²) in [6.45, 7) is 8.10. The van der Waals surface area contributed by atoms with Gasteiger partial charge in [0, 0.05) is 38.9 Å². The van der Waals surface area contributed by atoms with Crippen LogP contribution in [0.2, 0.25) is 0 Å². The van der Waals surface area contributed by atoms with Gasteiger partial charge in [0.1, 0.15) is 0 Å². The van der Waals surface area contributed by atoms with Gasteiger partial charge in [0.2, 0.25) is 10.0 Å². The van der Waals surface area contributed by atoms with E-state index >= 15 is 0 Å². The number of carbonyl (C=O) groups is 1. The average Bonchev–Trinajstić information content (AvgIpc) is 3.13. The third kappa shape index (κ3) is 5.45. The minimum absolute atomic E-state index is 0.0421. The number of carbonyl (C=O) groups excluding carboxylic acids is 1. The summed E-state index contributed by atoms with van der Waals surface area (Å²) in [4.78, 5) is 15.3. The van der Waals surface area contributed by atoms with Crippen molar-refractivity contribution < 1.29 is 13.2 Å². The molecule has 0 aromatic heterocycles. The quantitative estimate of drug-likeness (QED) is 0.734. The van der Waals surface area contributed by atoms with E-state index in [4.69, 9.17) is 0 Å². The number of anilines is 1. The Hall–Kier alpha value is -1.60. The lowest BCUT2D eigenvalue weighted by atomic mass is 10.0. The standard InChI is InChI=1S/C20H33N3O3S/c1-15(2)8-9-16(3)21-20(24)18-14-17(27(25,26)22(4)5)10-11-19(18)23-12-6-7-13-23/h10-11,14-16H,6-9,12-13H2,1-5H3,(H,21,24). The third-order valence-corrected chi connectivity index (χ3v) is 6.80. The van der Waals surface area contributed by atoms with Gasteiger partial charge in [-0.25, -0.2) is 12.7 Å². The van der Waals surface area contributed by atoms with E-state index in [0.717, 1.165) is 44.5 Å². The number of sulfonamides is 1. The summed E-state index contributed by atoms with van der Waals surface area (Å²) in [5, 5.41) is 3.05. The Morgan fingerprint density at radius 1 is 1.15 bits per heavy atom. The molecule has 1 unspecified atom stereocenters. The molecular formula is C20H33N3O3S.